The van der Waals surface area contributed by atoms with Crippen molar-refractivity contribution in [3.05, 3.63) is 35.6 Å². The first-order valence-corrected chi connectivity index (χ1v) is 7.88. The summed E-state index contributed by atoms with van der Waals surface area (Å²) in [5.74, 6) is -0.0359. The molecule has 0 heterocycles. The van der Waals surface area contributed by atoms with E-state index in [1.54, 1.807) is 13.0 Å². The van der Waals surface area contributed by atoms with Crippen LogP contribution in [-0.4, -0.2) is 26.0 Å². The fourth-order valence-electron chi connectivity index (χ4n) is 1.85. The lowest BCUT2D eigenvalue weighted by atomic mass is 10.1. The first-order chi connectivity index (χ1) is 8.34. The molecule has 18 heavy (non-hydrogen) atoms. The minimum absolute atomic E-state index is 0.0808. The molecular weight excluding hydrogens is 253 g/mol. The van der Waals surface area contributed by atoms with Crippen LogP contribution in [0.2, 0.25) is 0 Å². The zero-order valence-corrected chi connectivity index (χ0v) is 11.8. The molecule has 1 rings (SSSR count). The SMILES string of the molecule is CCS(=O)(=O)CC(C)N[C@H](C)c1cccc(F)c1. The Balaban J connectivity index is 2.62. The molecule has 0 aliphatic heterocycles. The molecule has 1 aromatic carbocycles. The van der Waals surface area contributed by atoms with Crippen LogP contribution in [-0.2, 0) is 9.84 Å². The Hall–Kier alpha value is -0.940. The molecule has 0 saturated carbocycles. The van der Waals surface area contributed by atoms with E-state index in [0.29, 0.717) is 0 Å². The normalized spacial score (nSPS) is 15.3. The summed E-state index contributed by atoms with van der Waals surface area (Å²) < 4.78 is 36.0. The average molecular weight is 273 g/mol. The van der Waals surface area contributed by atoms with E-state index in [-0.39, 0.29) is 29.4 Å². The van der Waals surface area contributed by atoms with E-state index in [2.05, 4.69) is 5.32 Å². The lowest BCUT2D eigenvalue weighted by molar-refractivity contribution is 0.497. The molecule has 0 fully saturated rings. The van der Waals surface area contributed by atoms with Crippen LogP contribution >= 0.6 is 0 Å². The minimum atomic E-state index is -2.99. The van der Waals surface area contributed by atoms with E-state index < -0.39 is 9.84 Å². The van der Waals surface area contributed by atoms with Gasteiger partial charge >= 0.3 is 0 Å². The van der Waals surface area contributed by atoms with Gasteiger partial charge in [0, 0.05) is 17.8 Å². The van der Waals surface area contributed by atoms with E-state index in [9.17, 15) is 12.8 Å². The second-order valence-electron chi connectivity index (χ2n) is 4.54. The van der Waals surface area contributed by atoms with Crippen molar-refractivity contribution in [1.82, 2.24) is 5.32 Å². The lowest BCUT2D eigenvalue weighted by Gasteiger charge is -2.20. The average Bonchev–Trinajstić information content (AvgIpc) is 2.28. The van der Waals surface area contributed by atoms with Crippen molar-refractivity contribution in [2.45, 2.75) is 32.9 Å². The van der Waals surface area contributed by atoms with E-state index in [1.807, 2.05) is 19.9 Å². The third-order valence-electron chi connectivity index (χ3n) is 2.83. The van der Waals surface area contributed by atoms with Crippen molar-refractivity contribution in [1.29, 1.82) is 0 Å². The second kappa shape index (κ2) is 6.29. The zero-order valence-electron chi connectivity index (χ0n) is 11.0. The molecule has 0 bridgehead atoms. The van der Waals surface area contributed by atoms with Crippen molar-refractivity contribution < 1.29 is 12.8 Å². The second-order valence-corrected chi connectivity index (χ2v) is 6.94. The third kappa shape index (κ3) is 4.74. The molecule has 0 radical (unpaired) electrons. The predicted octanol–water partition coefficient (Wildman–Crippen LogP) is 2.30. The Morgan fingerprint density at radius 1 is 1.33 bits per heavy atom. The van der Waals surface area contributed by atoms with Crippen molar-refractivity contribution in [2.75, 3.05) is 11.5 Å². The van der Waals surface area contributed by atoms with Crippen LogP contribution in [0.1, 0.15) is 32.4 Å². The summed E-state index contributed by atoms with van der Waals surface area (Å²) in [5, 5.41) is 3.17. The van der Waals surface area contributed by atoms with Crippen molar-refractivity contribution >= 4 is 9.84 Å². The van der Waals surface area contributed by atoms with Gasteiger partial charge in [0.15, 0.2) is 9.84 Å². The smallest absolute Gasteiger partial charge is 0.151 e. The first-order valence-electron chi connectivity index (χ1n) is 6.06. The maximum atomic E-state index is 13.1. The van der Waals surface area contributed by atoms with Crippen LogP contribution in [0.25, 0.3) is 0 Å². The summed E-state index contributed by atoms with van der Waals surface area (Å²) in [6, 6.07) is 6.08. The Morgan fingerprint density at radius 2 is 2.00 bits per heavy atom. The van der Waals surface area contributed by atoms with E-state index >= 15 is 0 Å². The number of hydrogen-bond acceptors (Lipinski definition) is 3. The fourth-order valence-corrected chi connectivity index (χ4v) is 2.94. The Labute approximate surface area is 108 Å². The predicted molar refractivity (Wildman–Crippen MR) is 71.7 cm³/mol. The number of sulfone groups is 1. The van der Waals surface area contributed by atoms with Gasteiger partial charge in [-0.3, -0.25) is 0 Å². The van der Waals surface area contributed by atoms with Gasteiger partial charge in [-0.1, -0.05) is 19.1 Å². The van der Waals surface area contributed by atoms with E-state index in [4.69, 9.17) is 0 Å². The van der Waals surface area contributed by atoms with Gasteiger partial charge in [-0.25, -0.2) is 12.8 Å². The van der Waals surface area contributed by atoms with Gasteiger partial charge in [-0.2, -0.15) is 0 Å². The molecule has 0 spiro atoms. The quantitative estimate of drug-likeness (QED) is 0.865. The van der Waals surface area contributed by atoms with Crippen molar-refractivity contribution in [2.24, 2.45) is 0 Å². The van der Waals surface area contributed by atoms with Gasteiger partial charge in [0.05, 0.1) is 5.75 Å². The summed E-state index contributed by atoms with van der Waals surface area (Å²) in [5.41, 5.74) is 0.816. The Bertz CT molecular complexity index is 488. The number of rotatable bonds is 6. The van der Waals surface area contributed by atoms with Crippen LogP contribution in [0.15, 0.2) is 24.3 Å². The molecule has 0 aliphatic carbocycles. The monoisotopic (exact) mass is 273 g/mol. The van der Waals surface area contributed by atoms with E-state index in [0.717, 1.165) is 5.56 Å². The number of nitrogens with one attached hydrogen (secondary N) is 1. The molecule has 3 nitrogen and oxygen atoms in total. The van der Waals surface area contributed by atoms with Crippen LogP contribution < -0.4 is 5.32 Å². The molecule has 5 heteroatoms. The molecular formula is C13H20FNO2S. The van der Waals surface area contributed by atoms with Crippen LogP contribution in [0.4, 0.5) is 4.39 Å². The molecule has 1 unspecified atom stereocenters. The summed E-state index contributed by atoms with van der Waals surface area (Å²) in [6.45, 7) is 5.35. The molecule has 0 saturated heterocycles. The fraction of sp³-hybridized carbons (Fsp3) is 0.538. The molecule has 1 aromatic rings. The summed E-state index contributed by atoms with van der Waals surface area (Å²) in [7, 11) is -2.99. The highest BCUT2D eigenvalue weighted by Gasteiger charge is 2.16. The minimum Gasteiger partial charge on any atom is -0.307 e. The van der Waals surface area contributed by atoms with Crippen LogP contribution in [0.3, 0.4) is 0 Å². The standard InChI is InChI=1S/C13H20FNO2S/c1-4-18(16,17)9-10(2)15-11(3)12-6-5-7-13(14)8-12/h5-8,10-11,15H,4,9H2,1-3H3/t10?,11-/m1/s1. The molecule has 0 aromatic heterocycles. The van der Waals surface area contributed by atoms with Crippen LogP contribution in [0.5, 0.6) is 0 Å². The lowest BCUT2D eigenvalue weighted by Crippen LogP contribution is -2.35. The highest BCUT2D eigenvalue weighted by Crippen LogP contribution is 2.14. The number of hydrogen-bond donors (Lipinski definition) is 1. The highest BCUT2D eigenvalue weighted by molar-refractivity contribution is 7.91. The number of benzene rings is 1. The van der Waals surface area contributed by atoms with Gasteiger partial charge in [0.2, 0.25) is 0 Å². The Kier molecular flexibility index (Phi) is 5.28. The maximum Gasteiger partial charge on any atom is 0.151 e. The van der Waals surface area contributed by atoms with Gasteiger partial charge in [0.25, 0.3) is 0 Å². The summed E-state index contributed by atoms with van der Waals surface area (Å²) >= 11 is 0. The maximum absolute atomic E-state index is 13.1. The third-order valence-corrected chi connectivity index (χ3v) is 4.71. The Morgan fingerprint density at radius 3 is 2.56 bits per heavy atom. The topological polar surface area (TPSA) is 46.2 Å². The largest absolute Gasteiger partial charge is 0.307 e. The zero-order chi connectivity index (χ0) is 13.8. The molecule has 0 amide bonds. The van der Waals surface area contributed by atoms with Crippen molar-refractivity contribution in [3.8, 4) is 0 Å². The van der Waals surface area contributed by atoms with Gasteiger partial charge in [-0.15, -0.1) is 0 Å². The van der Waals surface area contributed by atoms with E-state index in [1.165, 1.54) is 12.1 Å². The van der Waals surface area contributed by atoms with Crippen LogP contribution in [0, 0.1) is 5.82 Å². The first kappa shape index (κ1) is 15.1. The number of halogens is 1. The molecule has 1 N–H and O–H groups in total. The highest BCUT2D eigenvalue weighted by atomic mass is 32.2. The van der Waals surface area contributed by atoms with Gasteiger partial charge < -0.3 is 5.32 Å². The molecule has 0 aliphatic rings. The van der Waals surface area contributed by atoms with Gasteiger partial charge in [-0.05, 0) is 31.5 Å². The molecule has 102 valence electrons. The summed E-state index contributed by atoms with van der Waals surface area (Å²) in [4.78, 5) is 0. The van der Waals surface area contributed by atoms with Crippen molar-refractivity contribution in [3.63, 3.8) is 0 Å². The molecule has 2 atom stereocenters. The van der Waals surface area contributed by atoms with Gasteiger partial charge in [0.1, 0.15) is 5.82 Å². The summed E-state index contributed by atoms with van der Waals surface area (Å²) in [6.07, 6.45) is 0.